The highest BCUT2D eigenvalue weighted by molar-refractivity contribution is 7.99. The Morgan fingerprint density at radius 1 is 1.52 bits per heavy atom. The van der Waals surface area contributed by atoms with Crippen molar-refractivity contribution in [2.45, 2.75) is 6.92 Å². The second kappa shape index (κ2) is 8.87. The summed E-state index contributed by atoms with van der Waals surface area (Å²) in [5.74, 6) is 3.55. The highest BCUT2D eigenvalue weighted by atomic mass is 32.2. The summed E-state index contributed by atoms with van der Waals surface area (Å²) in [6, 6.07) is 4.39. The Kier molecular flexibility index (Phi) is 7.12. The van der Waals surface area contributed by atoms with Gasteiger partial charge in [0.05, 0.1) is 10.7 Å². The van der Waals surface area contributed by atoms with Gasteiger partial charge in [0.25, 0.3) is 11.6 Å². The fourth-order valence-electron chi connectivity index (χ4n) is 1.63. The predicted molar refractivity (Wildman–Crippen MR) is 85.8 cm³/mol. The van der Waals surface area contributed by atoms with Gasteiger partial charge in [-0.25, -0.2) is 0 Å². The van der Waals surface area contributed by atoms with Gasteiger partial charge in [-0.05, 0) is 19.1 Å². The molecule has 0 bridgehead atoms. The molecular weight excluding hydrogens is 290 g/mol. The molecule has 0 aliphatic carbocycles. The number of nitro groups is 1. The van der Waals surface area contributed by atoms with Gasteiger partial charge in [-0.2, -0.15) is 0 Å². The second-order valence-corrected chi connectivity index (χ2v) is 5.14. The maximum absolute atomic E-state index is 11.7. The summed E-state index contributed by atoms with van der Waals surface area (Å²) in [5.41, 5.74) is 0.561. The summed E-state index contributed by atoms with van der Waals surface area (Å²) in [6.45, 7) is 2.82. The Labute approximate surface area is 127 Å². The Balaban J connectivity index is 2.78. The van der Waals surface area contributed by atoms with E-state index in [-0.39, 0.29) is 17.2 Å². The van der Waals surface area contributed by atoms with Crippen molar-refractivity contribution >= 4 is 29.0 Å². The second-order valence-electron chi connectivity index (χ2n) is 4.03. The standard InChI is InChI=1S/C14H17N3O3S/c1-3-8-21-9-7-16-12-6-5-11(14(18)15-4-2)10-13(12)17(19)20/h1,5-6,10,16H,4,7-9H2,2H3,(H,15,18). The van der Waals surface area contributed by atoms with Crippen molar-refractivity contribution in [3.63, 3.8) is 0 Å². The van der Waals surface area contributed by atoms with E-state index in [1.807, 2.05) is 0 Å². The van der Waals surface area contributed by atoms with Crippen molar-refractivity contribution in [1.82, 2.24) is 5.32 Å². The molecular formula is C14H17N3O3S. The van der Waals surface area contributed by atoms with Crippen molar-refractivity contribution < 1.29 is 9.72 Å². The van der Waals surface area contributed by atoms with Crippen LogP contribution in [0.2, 0.25) is 0 Å². The third-order valence-electron chi connectivity index (χ3n) is 2.54. The third-order valence-corrected chi connectivity index (χ3v) is 3.40. The highest BCUT2D eigenvalue weighted by Crippen LogP contribution is 2.25. The van der Waals surface area contributed by atoms with E-state index in [9.17, 15) is 14.9 Å². The quantitative estimate of drug-likeness (QED) is 0.333. The summed E-state index contributed by atoms with van der Waals surface area (Å²) >= 11 is 1.57. The van der Waals surface area contributed by atoms with Gasteiger partial charge in [0.15, 0.2) is 0 Å². The van der Waals surface area contributed by atoms with Gasteiger partial charge in [-0.3, -0.25) is 14.9 Å². The molecule has 0 saturated carbocycles. The maximum atomic E-state index is 11.7. The minimum Gasteiger partial charge on any atom is -0.379 e. The number of thioether (sulfide) groups is 1. The zero-order chi connectivity index (χ0) is 15.7. The lowest BCUT2D eigenvalue weighted by Gasteiger charge is -2.08. The fraction of sp³-hybridized carbons (Fsp3) is 0.357. The molecule has 0 atom stereocenters. The van der Waals surface area contributed by atoms with Crippen LogP contribution in [0.5, 0.6) is 0 Å². The van der Waals surface area contributed by atoms with E-state index >= 15 is 0 Å². The molecule has 0 spiro atoms. The lowest BCUT2D eigenvalue weighted by molar-refractivity contribution is -0.384. The zero-order valence-corrected chi connectivity index (χ0v) is 12.5. The minimum atomic E-state index is -0.500. The Hall–Kier alpha value is -2.20. The van der Waals surface area contributed by atoms with E-state index < -0.39 is 4.92 Å². The fourth-order valence-corrected chi connectivity index (χ4v) is 2.13. The summed E-state index contributed by atoms with van der Waals surface area (Å²) in [5, 5.41) is 16.7. The molecule has 1 rings (SSSR count). The maximum Gasteiger partial charge on any atom is 0.293 e. The Morgan fingerprint density at radius 2 is 2.29 bits per heavy atom. The van der Waals surface area contributed by atoms with Crippen molar-refractivity contribution in [1.29, 1.82) is 0 Å². The van der Waals surface area contributed by atoms with Crippen LogP contribution in [-0.4, -0.2) is 35.4 Å². The molecule has 0 radical (unpaired) electrons. The molecule has 0 aliphatic heterocycles. The number of anilines is 1. The van der Waals surface area contributed by atoms with Crippen molar-refractivity contribution in [3.05, 3.63) is 33.9 Å². The van der Waals surface area contributed by atoms with Crippen LogP contribution in [-0.2, 0) is 0 Å². The average molecular weight is 307 g/mol. The predicted octanol–water partition coefficient (Wildman–Crippen LogP) is 2.12. The molecule has 6 nitrogen and oxygen atoms in total. The van der Waals surface area contributed by atoms with Crippen LogP contribution in [0.25, 0.3) is 0 Å². The van der Waals surface area contributed by atoms with Gasteiger partial charge in [0.2, 0.25) is 0 Å². The molecule has 0 aliphatic rings. The first-order valence-corrected chi connectivity index (χ1v) is 7.57. The molecule has 1 aromatic carbocycles. The number of hydrogen-bond donors (Lipinski definition) is 2. The first-order valence-electron chi connectivity index (χ1n) is 6.41. The molecule has 1 aromatic rings. The van der Waals surface area contributed by atoms with Crippen LogP contribution in [0.15, 0.2) is 18.2 Å². The Bertz CT molecular complexity index is 555. The van der Waals surface area contributed by atoms with Crippen molar-refractivity contribution in [2.24, 2.45) is 0 Å². The first-order chi connectivity index (χ1) is 10.1. The van der Waals surface area contributed by atoms with Crippen LogP contribution in [0.4, 0.5) is 11.4 Å². The number of terminal acetylenes is 1. The number of rotatable bonds is 8. The summed E-state index contributed by atoms with van der Waals surface area (Å²) < 4.78 is 0. The number of nitrogens with zero attached hydrogens (tertiary/aromatic N) is 1. The van der Waals surface area contributed by atoms with Gasteiger partial charge in [-0.15, -0.1) is 18.2 Å². The van der Waals surface area contributed by atoms with E-state index in [4.69, 9.17) is 6.42 Å². The normalized spacial score (nSPS) is 9.71. The van der Waals surface area contributed by atoms with Gasteiger partial charge in [0, 0.05) is 30.5 Å². The largest absolute Gasteiger partial charge is 0.379 e. The molecule has 0 saturated heterocycles. The van der Waals surface area contributed by atoms with Crippen molar-refractivity contribution in [2.75, 3.05) is 29.9 Å². The molecule has 0 aromatic heterocycles. The molecule has 0 heterocycles. The number of amides is 1. The van der Waals surface area contributed by atoms with Crippen LogP contribution in [0.3, 0.4) is 0 Å². The highest BCUT2D eigenvalue weighted by Gasteiger charge is 2.16. The van der Waals surface area contributed by atoms with Crippen LogP contribution in [0.1, 0.15) is 17.3 Å². The van der Waals surface area contributed by atoms with E-state index in [1.54, 1.807) is 30.8 Å². The smallest absolute Gasteiger partial charge is 0.293 e. The summed E-state index contributed by atoms with van der Waals surface area (Å²) in [6.07, 6.45) is 5.14. The SMILES string of the molecule is C#CCSCCNc1ccc(C(=O)NCC)cc1[N+](=O)[O-]. The third kappa shape index (κ3) is 5.36. The minimum absolute atomic E-state index is 0.110. The number of benzene rings is 1. The molecule has 1 amide bonds. The van der Waals surface area contributed by atoms with E-state index in [0.29, 0.717) is 24.5 Å². The topological polar surface area (TPSA) is 84.3 Å². The monoisotopic (exact) mass is 307 g/mol. The van der Waals surface area contributed by atoms with E-state index in [2.05, 4.69) is 16.6 Å². The van der Waals surface area contributed by atoms with Gasteiger partial charge < -0.3 is 10.6 Å². The van der Waals surface area contributed by atoms with Crippen LogP contribution in [0, 0.1) is 22.5 Å². The molecule has 0 unspecified atom stereocenters. The molecule has 112 valence electrons. The van der Waals surface area contributed by atoms with Crippen LogP contribution >= 0.6 is 11.8 Å². The zero-order valence-electron chi connectivity index (χ0n) is 11.7. The first kappa shape index (κ1) is 16.9. The lowest BCUT2D eigenvalue weighted by atomic mass is 10.1. The van der Waals surface area contributed by atoms with Crippen LogP contribution < -0.4 is 10.6 Å². The van der Waals surface area contributed by atoms with Gasteiger partial charge >= 0.3 is 0 Å². The summed E-state index contributed by atoms with van der Waals surface area (Å²) in [4.78, 5) is 22.3. The van der Waals surface area contributed by atoms with Gasteiger partial charge in [-0.1, -0.05) is 5.92 Å². The molecule has 0 fully saturated rings. The van der Waals surface area contributed by atoms with E-state index in [0.717, 1.165) is 5.75 Å². The number of carbonyl (C=O) groups excluding carboxylic acids is 1. The number of nitro benzene ring substituents is 1. The van der Waals surface area contributed by atoms with E-state index in [1.165, 1.54) is 6.07 Å². The molecule has 21 heavy (non-hydrogen) atoms. The lowest BCUT2D eigenvalue weighted by Crippen LogP contribution is -2.22. The number of carbonyl (C=O) groups is 1. The summed E-state index contributed by atoms with van der Waals surface area (Å²) in [7, 11) is 0. The number of nitrogens with one attached hydrogen (secondary N) is 2. The molecule has 2 N–H and O–H groups in total. The van der Waals surface area contributed by atoms with Gasteiger partial charge in [0.1, 0.15) is 5.69 Å². The Morgan fingerprint density at radius 3 is 2.90 bits per heavy atom. The molecule has 7 heteroatoms. The average Bonchev–Trinajstić information content (AvgIpc) is 2.47. The number of hydrogen-bond acceptors (Lipinski definition) is 5. The van der Waals surface area contributed by atoms with Crippen molar-refractivity contribution in [3.8, 4) is 12.3 Å².